The molecule has 0 unspecified atom stereocenters. The predicted octanol–water partition coefficient (Wildman–Crippen LogP) is 0.149. The third-order valence-corrected chi connectivity index (χ3v) is 3.13. The van der Waals surface area contributed by atoms with Gasteiger partial charge in [-0.1, -0.05) is 4.89 Å². The molecule has 0 aliphatic carbocycles. The Hall–Kier alpha value is -1.64. The molecule has 0 amide bonds. The number of nitrogens with one attached hydrogen (secondary N) is 1. The van der Waals surface area contributed by atoms with Gasteiger partial charge in [0.1, 0.15) is 10.6 Å². The summed E-state index contributed by atoms with van der Waals surface area (Å²) in [7, 11) is -1.69. The van der Waals surface area contributed by atoms with Gasteiger partial charge in [0.25, 0.3) is 10.0 Å². The lowest BCUT2D eigenvalue weighted by molar-refractivity contribution is 0.0600. The molecule has 0 aromatic heterocycles. The van der Waals surface area contributed by atoms with Crippen LogP contribution in [0.1, 0.15) is 10.4 Å². The highest BCUT2D eigenvalue weighted by molar-refractivity contribution is 7.89. The Balaban J connectivity index is 3.40. The van der Waals surface area contributed by atoms with E-state index in [1.807, 2.05) is 0 Å². The topological polar surface area (TPSA) is 102 Å². The first kappa shape index (κ1) is 13.4. The van der Waals surface area contributed by atoms with Gasteiger partial charge in [0.15, 0.2) is 0 Å². The van der Waals surface area contributed by atoms with E-state index in [9.17, 15) is 13.2 Å². The second-order valence-electron chi connectivity index (χ2n) is 2.95. The van der Waals surface area contributed by atoms with Crippen LogP contribution in [0.2, 0.25) is 0 Å². The van der Waals surface area contributed by atoms with Gasteiger partial charge in [-0.05, 0) is 18.2 Å². The summed E-state index contributed by atoms with van der Waals surface area (Å²) in [6.07, 6.45) is 0. The Morgan fingerprint density at radius 3 is 2.47 bits per heavy atom. The monoisotopic (exact) mass is 261 g/mol. The second-order valence-corrected chi connectivity index (χ2v) is 4.58. The molecule has 0 bridgehead atoms. The molecule has 0 radical (unpaired) electrons. The van der Waals surface area contributed by atoms with Gasteiger partial charge in [0.2, 0.25) is 0 Å². The average molecular weight is 261 g/mol. The molecule has 0 fully saturated rings. The summed E-state index contributed by atoms with van der Waals surface area (Å²) in [5.41, 5.74) is 0.0297. The summed E-state index contributed by atoms with van der Waals surface area (Å²) >= 11 is 0. The van der Waals surface area contributed by atoms with Gasteiger partial charge in [-0.3, -0.25) is 0 Å². The molecule has 0 aliphatic heterocycles. The third kappa shape index (κ3) is 2.73. The lowest BCUT2D eigenvalue weighted by atomic mass is 10.2. The molecule has 0 spiro atoms. The average Bonchev–Trinajstić information content (AvgIpc) is 2.36. The van der Waals surface area contributed by atoms with E-state index >= 15 is 0 Å². The van der Waals surface area contributed by atoms with Gasteiger partial charge in [0.05, 0.1) is 19.8 Å². The molecule has 8 heteroatoms. The Labute approximate surface area is 98.0 Å². The number of methoxy groups -OCH3 is 2. The number of carbonyl (C=O) groups is 1. The van der Waals surface area contributed by atoms with Crippen molar-refractivity contribution < 1.29 is 27.9 Å². The van der Waals surface area contributed by atoms with Crippen molar-refractivity contribution in [3.05, 3.63) is 23.8 Å². The minimum absolute atomic E-state index is 0.000738. The number of hydrogen-bond acceptors (Lipinski definition) is 6. The molecule has 17 heavy (non-hydrogen) atoms. The molecule has 1 rings (SSSR count). The van der Waals surface area contributed by atoms with Crippen molar-refractivity contribution in [1.82, 2.24) is 4.89 Å². The lowest BCUT2D eigenvalue weighted by Crippen LogP contribution is -2.20. The SMILES string of the molecule is COC(=O)c1ccc(OC)c(S(=O)(=O)NO)c1. The molecule has 94 valence electrons. The normalized spacial score (nSPS) is 11.0. The number of ether oxygens (including phenoxy) is 2. The van der Waals surface area contributed by atoms with E-state index in [0.29, 0.717) is 0 Å². The zero-order valence-corrected chi connectivity index (χ0v) is 9.95. The van der Waals surface area contributed by atoms with Gasteiger partial charge in [-0.25, -0.2) is 13.2 Å². The first-order valence-corrected chi connectivity index (χ1v) is 5.87. The van der Waals surface area contributed by atoms with Crippen molar-refractivity contribution in [1.29, 1.82) is 0 Å². The largest absolute Gasteiger partial charge is 0.495 e. The van der Waals surface area contributed by atoms with E-state index in [4.69, 9.17) is 9.94 Å². The first-order chi connectivity index (χ1) is 7.96. The van der Waals surface area contributed by atoms with Crippen molar-refractivity contribution in [2.45, 2.75) is 4.90 Å². The summed E-state index contributed by atoms with van der Waals surface area (Å²) in [5.74, 6) is -0.693. The number of esters is 1. The Kier molecular flexibility index (Phi) is 4.05. The third-order valence-electron chi connectivity index (χ3n) is 1.99. The summed E-state index contributed by atoms with van der Waals surface area (Å²) in [4.78, 5) is 12.0. The van der Waals surface area contributed by atoms with E-state index in [1.54, 1.807) is 0 Å². The molecule has 1 aromatic rings. The summed E-state index contributed by atoms with van der Waals surface area (Å²) in [5, 5.41) is 8.54. The maximum absolute atomic E-state index is 11.5. The van der Waals surface area contributed by atoms with E-state index in [0.717, 1.165) is 11.0 Å². The number of carbonyl (C=O) groups excluding carboxylic acids is 1. The molecule has 0 aliphatic rings. The van der Waals surface area contributed by atoms with Gasteiger partial charge >= 0.3 is 5.97 Å². The predicted molar refractivity (Wildman–Crippen MR) is 56.4 cm³/mol. The highest BCUT2D eigenvalue weighted by atomic mass is 32.2. The standard InChI is InChI=1S/C9H11NO6S/c1-15-7-4-3-6(9(11)16-2)5-8(7)17(13,14)10-12/h3-5,10,12H,1-2H3. The highest BCUT2D eigenvalue weighted by Crippen LogP contribution is 2.24. The molecular weight excluding hydrogens is 250 g/mol. The minimum Gasteiger partial charge on any atom is -0.495 e. The number of benzene rings is 1. The Morgan fingerprint density at radius 1 is 1.35 bits per heavy atom. The maximum atomic E-state index is 11.5. The Morgan fingerprint density at radius 2 is 2.00 bits per heavy atom. The zero-order chi connectivity index (χ0) is 13.1. The van der Waals surface area contributed by atoms with Crippen LogP contribution < -0.4 is 9.62 Å². The quantitative estimate of drug-likeness (QED) is 0.591. The molecule has 0 saturated carbocycles. The molecule has 7 nitrogen and oxygen atoms in total. The second kappa shape index (κ2) is 5.13. The molecular formula is C9H11NO6S. The minimum atomic E-state index is -4.13. The number of hydrogen-bond donors (Lipinski definition) is 2. The van der Waals surface area contributed by atoms with Crippen LogP contribution in [-0.2, 0) is 14.8 Å². The van der Waals surface area contributed by atoms with E-state index in [-0.39, 0.29) is 16.2 Å². The fourth-order valence-electron chi connectivity index (χ4n) is 1.18. The smallest absolute Gasteiger partial charge is 0.337 e. The maximum Gasteiger partial charge on any atom is 0.337 e. The lowest BCUT2D eigenvalue weighted by Gasteiger charge is -2.09. The fourth-order valence-corrected chi connectivity index (χ4v) is 1.98. The zero-order valence-electron chi connectivity index (χ0n) is 9.13. The van der Waals surface area contributed by atoms with E-state index < -0.39 is 16.0 Å². The van der Waals surface area contributed by atoms with E-state index in [2.05, 4.69) is 4.74 Å². The van der Waals surface area contributed by atoms with Crippen LogP contribution in [0.4, 0.5) is 0 Å². The van der Waals surface area contributed by atoms with Crippen molar-refractivity contribution in [2.75, 3.05) is 14.2 Å². The van der Waals surface area contributed by atoms with Gasteiger partial charge in [-0.15, -0.1) is 0 Å². The summed E-state index contributed by atoms with van der Waals surface area (Å²) in [6.45, 7) is 0. The van der Waals surface area contributed by atoms with Crippen molar-refractivity contribution in [3.8, 4) is 5.75 Å². The molecule has 0 atom stereocenters. The van der Waals surface area contributed by atoms with Crippen molar-refractivity contribution in [3.63, 3.8) is 0 Å². The number of rotatable bonds is 4. The van der Waals surface area contributed by atoms with Crippen LogP contribution in [0.25, 0.3) is 0 Å². The van der Waals surface area contributed by atoms with Crippen LogP contribution in [0.3, 0.4) is 0 Å². The first-order valence-electron chi connectivity index (χ1n) is 4.38. The van der Waals surface area contributed by atoms with Crippen LogP contribution in [-0.4, -0.2) is 33.8 Å². The summed E-state index contributed by atoms with van der Waals surface area (Å²) in [6, 6.07) is 3.68. The molecule has 0 saturated heterocycles. The van der Waals surface area contributed by atoms with Gasteiger partial charge in [0, 0.05) is 0 Å². The van der Waals surface area contributed by atoms with Gasteiger partial charge < -0.3 is 14.7 Å². The van der Waals surface area contributed by atoms with Crippen molar-refractivity contribution >= 4 is 16.0 Å². The molecule has 1 aromatic carbocycles. The highest BCUT2D eigenvalue weighted by Gasteiger charge is 2.21. The van der Waals surface area contributed by atoms with Crippen LogP contribution in [0.5, 0.6) is 5.75 Å². The Bertz CT molecular complexity index is 524. The van der Waals surface area contributed by atoms with Crippen LogP contribution in [0.15, 0.2) is 23.1 Å². The van der Waals surface area contributed by atoms with Gasteiger partial charge in [-0.2, -0.15) is 0 Å². The number of sulfonamides is 1. The molecule has 2 N–H and O–H groups in total. The van der Waals surface area contributed by atoms with Crippen LogP contribution >= 0.6 is 0 Å². The van der Waals surface area contributed by atoms with E-state index in [1.165, 1.54) is 26.4 Å². The molecule has 0 heterocycles. The fraction of sp³-hybridized carbons (Fsp3) is 0.222. The van der Waals surface area contributed by atoms with Crippen LogP contribution in [0, 0.1) is 0 Å². The van der Waals surface area contributed by atoms with Crippen molar-refractivity contribution in [2.24, 2.45) is 0 Å². The summed E-state index contributed by atoms with van der Waals surface area (Å²) < 4.78 is 32.2.